The molecule has 0 aromatic heterocycles. The molecule has 1 heterocycles. The van der Waals surface area contributed by atoms with Crippen LogP contribution in [-0.2, 0) is 29.2 Å². The van der Waals surface area contributed by atoms with Crippen LogP contribution in [0.25, 0.3) is 0 Å². The van der Waals surface area contributed by atoms with Crippen LogP contribution in [0.3, 0.4) is 0 Å². The number of amides is 1. The van der Waals surface area contributed by atoms with Crippen molar-refractivity contribution in [2.45, 2.75) is 49.4 Å². The Bertz CT molecular complexity index is 992. The number of ether oxygens (including phenoxy) is 1. The third-order valence-electron chi connectivity index (χ3n) is 4.94. The van der Waals surface area contributed by atoms with Gasteiger partial charge in [-0.25, -0.2) is 21.6 Å². The molecule has 2 atom stereocenters. The molecule has 30 heavy (non-hydrogen) atoms. The number of alkyl halides is 2. The standard InChI is InChI=1S/C18H23F2NO7S2/c1-3-12(2)21(14-8-9-29(24,25)11-14)16(22)10-28-17(23)13-4-6-15(7-5-13)30(26,27)18(19)20/h4-7,12,14,18H,3,8-11H2,1-2H3. The normalized spacial score (nSPS) is 19.4. The van der Waals surface area contributed by atoms with E-state index in [0.717, 1.165) is 24.3 Å². The molecule has 1 fully saturated rings. The average molecular weight is 468 g/mol. The number of rotatable bonds is 8. The van der Waals surface area contributed by atoms with Gasteiger partial charge in [-0.1, -0.05) is 6.92 Å². The highest BCUT2D eigenvalue weighted by Gasteiger charge is 2.36. The van der Waals surface area contributed by atoms with E-state index < -0.39 is 54.9 Å². The van der Waals surface area contributed by atoms with Gasteiger partial charge < -0.3 is 9.64 Å². The minimum Gasteiger partial charge on any atom is -0.452 e. The van der Waals surface area contributed by atoms with Gasteiger partial charge in [0.05, 0.1) is 22.0 Å². The molecule has 0 saturated carbocycles. The molecule has 8 nitrogen and oxygen atoms in total. The first-order chi connectivity index (χ1) is 13.9. The van der Waals surface area contributed by atoms with Gasteiger partial charge in [0.1, 0.15) is 0 Å². The van der Waals surface area contributed by atoms with Crippen LogP contribution in [0.5, 0.6) is 0 Å². The van der Waals surface area contributed by atoms with Crippen LogP contribution >= 0.6 is 0 Å². The fourth-order valence-corrected chi connectivity index (χ4v) is 5.60. The summed E-state index contributed by atoms with van der Waals surface area (Å²) in [6.07, 6.45) is 0.892. The average Bonchev–Trinajstić information content (AvgIpc) is 3.05. The van der Waals surface area contributed by atoms with Crippen molar-refractivity contribution in [3.05, 3.63) is 29.8 Å². The number of hydrogen-bond acceptors (Lipinski definition) is 7. The number of carbonyl (C=O) groups is 2. The van der Waals surface area contributed by atoms with E-state index >= 15 is 0 Å². The third-order valence-corrected chi connectivity index (χ3v) is 8.08. The summed E-state index contributed by atoms with van der Waals surface area (Å²) in [5, 5.41) is 0. The maximum atomic E-state index is 12.6. The molecule has 2 rings (SSSR count). The molecule has 1 amide bonds. The summed E-state index contributed by atoms with van der Waals surface area (Å²) in [6, 6.07) is 2.99. The van der Waals surface area contributed by atoms with Crippen LogP contribution in [0.15, 0.2) is 29.2 Å². The summed E-state index contributed by atoms with van der Waals surface area (Å²) in [6.45, 7) is 2.99. The van der Waals surface area contributed by atoms with E-state index in [0.29, 0.717) is 12.8 Å². The lowest BCUT2D eigenvalue weighted by atomic mass is 10.1. The van der Waals surface area contributed by atoms with Crippen molar-refractivity contribution < 1.29 is 39.9 Å². The molecule has 0 bridgehead atoms. The Morgan fingerprint density at radius 1 is 1.23 bits per heavy atom. The van der Waals surface area contributed by atoms with E-state index in [-0.39, 0.29) is 23.1 Å². The van der Waals surface area contributed by atoms with Gasteiger partial charge in [-0.2, -0.15) is 8.78 Å². The summed E-state index contributed by atoms with van der Waals surface area (Å²) in [4.78, 5) is 25.6. The quantitative estimate of drug-likeness (QED) is 0.534. The Hall–Kier alpha value is -2.08. The fraction of sp³-hybridized carbons (Fsp3) is 0.556. The Labute approximate surface area is 174 Å². The lowest BCUT2D eigenvalue weighted by Crippen LogP contribution is -2.48. The molecule has 1 aliphatic heterocycles. The highest BCUT2D eigenvalue weighted by molar-refractivity contribution is 7.92. The summed E-state index contributed by atoms with van der Waals surface area (Å²) in [5.74, 6) is -5.22. The van der Waals surface area contributed by atoms with Gasteiger partial charge in [-0.05, 0) is 44.0 Å². The lowest BCUT2D eigenvalue weighted by molar-refractivity contribution is -0.138. The van der Waals surface area contributed by atoms with Crippen LogP contribution < -0.4 is 0 Å². The molecule has 12 heteroatoms. The Balaban J connectivity index is 2.05. The zero-order valence-electron chi connectivity index (χ0n) is 16.5. The molecular formula is C18H23F2NO7S2. The molecule has 1 aliphatic rings. The lowest BCUT2D eigenvalue weighted by Gasteiger charge is -2.33. The van der Waals surface area contributed by atoms with Gasteiger partial charge in [0.15, 0.2) is 16.4 Å². The van der Waals surface area contributed by atoms with Crippen LogP contribution in [0.4, 0.5) is 8.78 Å². The van der Waals surface area contributed by atoms with Gasteiger partial charge in [-0.15, -0.1) is 0 Å². The number of nitrogens with zero attached hydrogens (tertiary/aromatic N) is 1. The molecule has 0 aliphatic carbocycles. The molecule has 168 valence electrons. The molecule has 1 aromatic carbocycles. The van der Waals surface area contributed by atoms with Crippen molar-refractivity contribution in [3.63, 3.8) is 0 Å². The van der Waals surface area contributed by atoms with Gasteiger partial charge >= 0.3 is 11.7 Å². The number of benzene rings is 1. The smallest absolute Gasteiger partial charge is 0.341 e. The summed E-state index contributed by atoms with van der Waals surface area (Å²) in [7, 11) is -8.00. The molecule has 0 spiro atoms. The number of esters is 1. The van der Waals surface area contributed by atoms with Gasteiger partial charge in [0.2, 0.25) is 9.84 Å². The predicted molar refractivity (Wildman–Crippen MR) is 104 cm³/mol. The highest BCUT2D eigenvalue weighted by Crippen LogP contribution is 2.22. The summed E-state index contributed by atoms with van der Waals surface area (Å²) < 4.78 is 76.4. The van der Waals surface area contributed by atoms with E-state index in [1.54, 1.807) is 6.92 Å². The Morgan fingerprint density at radius 2 is 1.83 bits per heavy atom. The van der Waals surface area contributed by atoms with Crippen molar-refractivity contribution >= 4 is 31.6 Å². The Kier molecular flexibility index (Phi) is 7.56. The topological polar surface area (TPSA) is 115 Å². The monoisotopic (exact) mass is 467 g/mol. The van der Waals surface area contributed by atoms with E-state index in [2.05, 4.69) is 0 Å². The van der Waals surface area contributed by atoms with E-state index in [1.165, 1.54) is 4.90 Å². The van der Waals surface area contributed by atoms with E-state index in [1.807, 2.05) is 6.92 Å². The minimum absolute atomic E-state index is 0.00839. The second-order valence-electron chi connectivity index (χ2n) is 7.02. The molecular weight excluding hydrogens is 444 g/mol. The van der Waals surface area contributed by atoms with Gasteiger partial charge in [0, 0.05) is 12.1 Å². The molecule has 2 unspecified atom stereocenters. The van der Waals surface area contributed by atoms with Crippen LogP contribution in [0.2, 0.25) is 0 Å². The van der Waals surface area contributed by atoms with Crippen LogP contribution in [0.1, 0.15) is 37.0 Å². The number of halogens is 2. The minimum atomic E-state index is -4.78. The first-order valence-corrected chi connectivity index (χ1v) is 12.6. The van der Waals surface area contributed by atoms with Crippen LogP contribution in [0, 0.1) is 0 Å². The predicted octanol–water partition coefficient (Wildman–Crippen LogP) is 1.65. The van der Waals surface area contributed by atoms with Crippen LogP contribution in [-0.4, -0.2) is 69.6 Å². The SMILES string of the molecule is CCC(C)N(C(=O)COC(=O)c1ccc(S(=O)(=O)C(F)F)cc1)C1CCS(=O)(=O)C1. The van der Waals surface area contributed by atoms with E-state index in [4.69, 9.17) is 4.74 Å². The number of sulfone groups is 2. The Morgan fingerprint density at radius 3 is 2.30 bits per heavy atom. The first kappa shape index (κ1) is 24.2. The molecule has 1 aromatic rings. The first-order valence-electron chi connectivity index (χ1n) is 9.20. The van der Waals surface area contributed by atoms with Crippen molar-refractivity contribution in [2.24, 2.45) is 0 Å². The van der Waals surface area contributed by atoms with Gasteiger partial charge in [0.25, 0.3) is 5.91 Å². The highest BCUT2D eigenvalue weighted by atomic mass is 32.2. The molecule has 1 saturated heterocycles. The van der Waals surface area contributed by atoms with Crippen molar-refractivity contribution in [1.29, 1.82) is 0 Å². The summed E-state index contributed by atoms with van der Waals surface area (Å²) >= 11 is 0. The second kappa shape index (κ2) is 9.38. The van der Waals surface area contributed by atoms with E-state index in [9.17, 15) is 35.2 Å². The van der Waals surface area contributed by atoms with Gasteiger partial charge in [-0.3, -0.25) is 4.79 Å². The maximum absolute atomic E-state index is 12.6. The number of carbonyl (C=O) groups excluding carboxylic acids is 2. The molecule has 0 N–H and O–H groups in total. The largest absolute Gasteiger partial charge is 0.452 e. The third kappa shape index (κ3) is 5.54. The second-order valence-corrected chi connectivity index (χ2v) is 11.2. The zero-order valence-corrected chi connectivity index (χ0v) is 18.1. The van der Waals surface area contributed by atoms with Crippen molar-refractivity contribution in [1.82, 2.24) is 4.90 Å². The summed E-state index contributed by atoms with van der Waals surface area (Å²) in [5.41, 5.74) is -0.116. The van der Waals surface area contributed by atoms with Crippen molar-refractivity contribution in [3.8, 4) is 0 Å². The maximum Gasteiger partial charge on any atom is 0.341 e. The fourth-order valence-electron chi connectivity index (χ4n) is 3.17. The number of hydrogen-bond donors (Lipinski definition) is 0. The van der Waals surface area contributed by atoms with Crippen molar-refractivity contribution in [2.75, 3.05) is 18.1 Å². The molecule has 0 radical (unpaired) electrons. The zero-order chi connectivity index (χ0) is 22.7.